The first-order valence-electron chi connectivity index (χ1n) is 5.26. The van der Waals surface area contributed by atoms with Gasteiger partial charge in [0.2, 0.25) is 5.56 Å². The van der Waals surface area contributed by atoms with E-state index in [1.165, 1.54) is 30.3 Å². The van der Waals surface area contributed by atoms with Crippen LogP contribution in [0.25, 0.3) is 11.1 Å². The minimum absolute atomic E-state index is 0.0683. The molecule has 0 aliphatic heterocycles. The third-order valence-electron chi connectivity index (χ3n) is 2.64. The van der Waals surface area contributed by atoms with E-state index in [1.807, 2.05) is 0 Å². The zero-order chi connectivity index (χ0) is 13.3. The maximum absolute atomic E-state index is 12.9. The molecule has 1 heterocycles. The summed E-state index contributed by atoms with van der Waals surface area (Å²) < 4.78 is 38.6. The van der Waals surface area contributed by atoms with Crippen molar-refractivity contribution in [3.63, 3.8) is 0 Å². The lowest BCUT2D eigenvalue weighted by molar-refractivity contribution is -0.137. The summed E-state index contributed by atoms with van der Waals surface area (Å²) in [6.07, 6.45) is -4.42. The van der Waals surface area contributed by atoms with Crippen LogP contribution in [0.1, 0.15) is 11.3 Å². The Morgan fingerprint density at radius 2 is 1.67 bits per heavy atom. The number of hydrogen-bond acceptors (Lipinski definition) is 1. The van der Waals surface area contributed by atoms with Crippen LogP contribution >= 0.6 is 0 Å². The molecule has 18 heavy (non-hydrogen) atoms. The van der Waals surface area contributed by atoms with Gasteiger partial charge in [-0.2, -0.15) is 13.2 Å². The average Bonchev–Trinajstić information content (AvgIpc) is 2.28. The molecule has 0 amide bonds. The third kappa shape index (κ3) is 2.30. The first-order chi connectivity index (χ1) is 8.39. The maximum atomic E-state index is 12.9. The summed E-state index contributed by atoms with van der Waals surface area (Å²) in [5.41, 5.74) is -0.179. The Hall–Kier alpha value is -2.04. The largest absolute Gasteiger partial charge is 0.417 e. The Morgan fingerprint density at radius 3 is 2.28 bits per heavy atom. The second-order valence-electron chi connectivity index (χ2n) is 3.90. The van der Waals surface area contributed by atoms with Crippen molar-refractivity contribution < 1.29 is 13.2 Å². The number of H-pyrrole nitrogens is 1. The van der Waals surface area contributed by atoms with Crippen molar-refractivity contribution in [3.05, 3.63) is 58.0 Å². The number of aromatic nitrogens is 1. The van der Waals surface area contributed by atoms with E-state index in [2.05, 4.69) is 4.98 Å². The van der Waals surface area contributed by atoms with E-state index in [9.17, 15) is 18.0 Å². The quantitative estimate of drug-likeness (QED) is 0.830. The van der Waals surface area contributed by atoms with Gasteiger partial charge in [-0.3, -0.25) is 4.79 Å². The molecule has 94 valence electrons. The second-order valence-corrected chi connectivity index (χ2v) is 3.90. The van der Waals surface area contributed by atoms with E-state index >= 15 is 0 Å². The Balaban J connectivity index is 2.68. The van der Waals surface area contributed by atoms with E-state index in [1.54, 1.807) is 6.92 Å². The number of nitrogens with one attached hydrogen (secondary N) is 1. The molecule has 0 atom stereocenters. The molecule has 0 saturated heterocycles. The van der Waals surface area contributed by atoms with Crippen LogP contribution < -0.4 is 5.56 Å². The lowest BCUT2D eigenvalue weighted by Gasteiger charge is -2.13. The number of aromatic amines is 1. The van der Waals surface area contributed by atoms with E-state index in [0.717, 1.165) is 6.07 Å². The van der Waals surface area contributed by atoms with Crippen molar-refractivity contribution in [2.45, 2.75) is 13.1 Å². The fourth-order valence-corrected chi connectivity index (χ4v) is 1.83. The van der Waals surface area contributed by atoms with E-state index in [0.29, 0.717) is 11.3 Å². The molecule has 1 aromatic carbocycles. The molecule has 0 aliphatic rings. The van der Waals surface area contributed by atoms with Gasteiger partial charge >= 0.3 is 6.18 Å². The molecule has 0 radical (unpaired) electrons. The first kappa shape index (κ1) is 12.4. The molecular formula is C13H10F3NO. The molecule has 1 N–H and O–H groups in total. The lowest BCUT2D eigenvalue weighted by atomic mass is 9.98. The van der Waals surface area contributed by atoms with Gasteiger partial charge in [-0.1, -0.05) is 18.2 Å². The van der Waals surface area contributed by atoms with Crippen molar-refractivity contribution >= 4 is 0 Å². The van der Waals surface area contributed by atoms with Crippen LogP contribution in [0.5, 0.6) is 0 Å². The van der Waals surface area contributed by atoms with Crippen molar-refractivity contribution in [1.82, 2.24) is 4.98 Å². The molecular weight excluding hydrogens is 243 g/mol. The predicted octanol–water partition coefficient (Wildman–Crippen LogP) is 3.37. The van der Waals surface area contributed by atoms with Gasteiger partial charge in [0.15, 0.2) is 0 Å². The Morgan fingerprint density at radius 1 is 1.00 bits per heavy atom. The fourth-order valence-electron chi connectivity index (χ4n) is 1.83. The summed E-state index contributed by atoms with van der Waals surface area (Å²) in [7, 11) is 0. The van der Waals surface area contributed by atoms with Crippen LogP contribution in [0.2, 0.25) is 0 Å². The molecule has 5 heteroatoms. The summed E-state index contributed by atoms with van der Waals surface area (Å²) in [4.78, 5) is 13.6. The molecule has 0 saturated carbocycles. The molecule has 1 aromatic heterocycles. The van der Waals surface area contributed by atoms with Gasteiger partial charge in [0.1, 0.15) is 0 Å². The summed E-state index contributed by atoms with van der Waals surface area (Å²) in [6, 6.07) is 7.92. The van der Waals surface area contributed by atoms with Gasteiger partial charge in [0, 0.05) is 17.3 Å². The molecule has 0 fully saturated rings. The zero-order valence-corrected chi connectivity index (χ0v) is 9.51. The number of aryl methyl sites for hydroxylation is 1. The van der Waals surface area contributed by atoms with Gasteiger partial charge in [0.25, 0.3) is 0 Å². The number of alkyl halides is 3. The average molecular weight is 253 g/mol. The molecule has 0 spiro atoms. The number of rotatable bonds is 1. The molecule has 2 rings (SSSR count). The van der Waals surface area contributed by atoms with Gasteiger partial charge < -0.3 is 4.98 Å². The minimum atomic E-state index is -4.42. The predicted molar refractivity (Wildman–Crippen MR) is 62.2 cm³/mol. The first-order valence-corrected chi connectivity index (χ1v) is 5.26. The normalized spacial score (nSPS) is 11.6. The Labute approximate surface area is 101 Å². The van der Waals surface area contributed by atoms with Crippen LogP contribution in [0, 0.1) is 6.92 Å². The van der Waals surface area contributed by atoms with Crippen LogP contribution in [-0.2, 0) is 6.18 Å². The van der Waals surface area contributed by atoms with Gasteiger partial charge in [0.05, 0.1) is 5.56 Å². The molecule has 2 aromatic rings. The Kier molecular flexibility index (Phi) is 2.98. The monoisotopic (exact) mass is 253 g/mol. The van der Waals surface area contributed by atoms with Crippen LogP contribution in [0.4, 0.5) is 13.2 Å². The third-order valence-corrected chi connectivity index (χ3v) is 2.64. The summed E-state index contributed by atoms with van der Waals surface area (Å²) >= 11 is 0. The van der Waals surface area contributed by atoms with Gasteiger partial charge in [-0.05, 0) is 24.6 Å². The fraction of sp³-hybridized carbons (Fsp3) is 0.154. The molecule has 2 nitrogen and oxygen atoms in total. The van der Waals surface area contributed by atoms with E-state index in [4.69, 9.17) is 0 Å². The number of hydrogen-bond donors (Lipinski definition) is 1. The SMILES string of the molecule is Cc1[nH]c(=O)ccc1-c1ccccc1C(F)(F)F. The van der Waals surface area contributed by atoms with Crippen molar-refractivity contribution in [2.75, 3.05) is 0 Å². The summed E-state index contributed by atoms with van der Waals surface area (Å²) in [6.45, 7) is 1.57. The van der Waals surface area contributed by atoms with Gasteiger partial charge in [-0.15, -0.1) is 0 Å². The van der Waals surface area contributed by atoms with Crippen molar-refractivity contribution in [3.8, 4) is 11.1 Å². The maximum Gasteiger partial charge on any atom is 0.417 e. The topological polar surface area (TPSA) is 32.9 Å². The van der Waals surface area contributed by atoms with Crippen LogP contribution in [0.15, 0.2) is 41.2 Å². The highest BCUT2D eigenvalue weighted by atomic mass is 19.4. The summed E-state index contributed by atoms with van der Waals surface area (Å²) in [5, 5.41) is 0. The number of pyridine rings is 1. The highest BCUT2D eigenvalue weighted by Gasteiger charge is 2.33. The number of halogens is 3. The van der Waals surface area contributed by atoms with Crippen LogP contribution in [0.3, 0.4) is 0 Å². The van der Waals surface area contributed by atoms with Gasteiger partial charge in [-0.25, -0.2) is 0 Å². The smallest absolute Gasteiger partial charge is 0.326 e. The number of benzene rings is 1. The van der Waals surface area contributed by atoms with E-state index in [-0.39, 0.29) is 11.1 Å². The highest BCUT2D eigenvalue weighted by Crippen LogP contribution is 2.37. The zero-order valence-electron chi connectivity index (χ0n) is 9.51. The Bertz CT molecular complexity index is 629. The molecule has 0 aliphatic carbocycles. The minimum Gasteiger partial charge on any atom is -0.326 e. The highest BCUT2D eigenvalue weighted by molar-refractivity contribution is 5.69. The van der Waals surface area contributed by atoms with Crippen molar-refractivity contribution in [2.24, 2.45) is 0 Å². The lowest BCUT2D eigenvalue weighted by Crippen LogP contribution is -2.10. The van der Waals surface area contributed by atoms with E-state index < -0.39 is 11.7 Å². The molecule has 0 bridgehead atoms. The standard InChI is InChI=1S/C13H10F3NO/c1-8-9(6-7-12(18)17-8)10-4-2-3-5-11(10)13(14,15)16/h2-7H,1H3,(H,17,18). The molecule has 0 unspecified atom stereocenters. The van der Waals surface area contributed by atoms with Crippen molar-refractivity contribution in [1.29, 1.82) is 0 Å². The second kappa shape index (κ2) is 4.33. The van der Waals surface area contributed by atoms with Crippen LogP contribution in [-0.4, -0.2) is 4.98 Å². The summed E-state index contributed by atoms with van der Waals surface area (Å²) in [5.74, 6) is 0.